The number of benzene rings is 2. The second-order valence-corrected chi connectivity index (χ2v) is 5.92. The number of halogens is 2. The van der Waals surface area contributed by atoms with E-state index < -0.39 is 0 Å². The van der Waals surface area contributed by atoms with Crippen LogP contribution in [0.15, 0.2) is 35.3 Å². The molecule has 0 atom stereocenters. The van der Waals surface area contributed by atoms with E-state index in [0.717, 1.165) is 23.2 Å². The number of aliphatic imine (C=N–C) groups is 1. The van der Waals surface area contributed by atoms with E-state index in [1.54, 1.807) is 19.4 Å². The van der Waals surface area contributed by atoms with Crippen LogP contribution in [0.3, 0.4) is 0 Å². The van der Waals surface area contributed by atoms with Crippen molar-refractivity contribution in [1.82, 2.24) is 0 Å². The Bertz CT molecular complexity index is 714. The summed E-state index contributed by atoms with van der Waals surface area (Å²) in [4.78, 5) is 4.48. The molecule has 0 bridgehead atoms. The molecule has 0 aromatic heterocycles. The number of methoxy groups -OCH3 is 1. The van der Waals surface area contributed by atoms with E-state index in [2.05, 4.69) is 4.99 Å². The van der Waals surface area contributed by atoms with Crippen molar-refractivity contribution in [3.63, 3.8) is 0 Å². The minimum atomic E-state index is 0.502. The summed E-state index contributed by atoms with van der Waals surface area (Å²) in [5.41, 5.74) is 2.69. The average Bonchev–Trinajstić information content (AvgIpc) is 2.54. The van der Waals surface area contributed by atoms with Crippen molar-refractivity contribution in [2.45, 2.75) is 20.3 Å². The lowest BCUT2D eigenvalue weighted by molar-refractivity contribution is 0.294. The number of hydrogen-bond acceptors (Lipinski definition) is 3. The van der Waals surface area contributed by atoms with E-state index >= 15 is 0 Å². The van der Waals surface area contributed by atoms with Gasteiger partial charge in [0.1, 0.15) is 0 Å². The zero-order valence-corrected chi connectivity index (χ0v) is 14.9. The Morgan fingerprint density at radius 1 is 1.17 bits per heavy atom. The van der Waals surface area contributed by atoms with Gasteiger partial charge in [-0.2, -0.15) is 0 Å². The first kappa shape index (κ1) is 17.6. The fourth-order valence-electron chi connectivity index (χ4n) is 2.02. The number of nitrogens with zero attached hydrogens (tertiary/aromatic N) is 1. The van der Waals surface area contributed by atoms with Crippen LogP contribution in [0.5, 0.6) is 11.5 Å². The highest BCUT2D eigenvalue weighted by atomic mass is 35.5. The molecule has 122 valence electrons. The highest BCUT2D eigenvalue weighted by molar-refractivity contribution is 6.32. The number of aryl methyl sites for hydroxylation is 1. The summed E-state index contributed by atoms with van der Waals surface area (Å²) >= 11 is 12.3. The lowest BCUT2D eigenvalue weighted by Crippen LogP contribution is -1.99. The smallest absolute Gasteiger partial charge is 0.179 e. The minimum absolute atomic E-state index is 0.502. The molecule has 23 heavy (non-hydrogen) atoms. The zero-order chi connectivity index (χ0) is 16.8. The van der Waals surface area contributed by atoms with Crippen LogP contribution in [-0.2, 0) is 0 Å². The summed E-state index contributed by atoms with van der Waals surface area (Å²) in [7, 11) is 1.59. The van der Waals surface area contributed by atoms with E-state index in [9.17, 15) is 0 Å². The maximum Gasteiger partial charge on any atom is 0.179 e. The summed E-state index contributed by atoms with van der Waals surface area (Å²) in [5.74, 6) is 1.15. The zero-order valence-electron chi connectivity index (χ0n) is 13.4. The third kappa shape index (κ3) is 4.63. The van der Waals surface area contributed by atoms with Crippen LogP contribution >= 0.6 is 23.2 Å². The summed E-state index contributed by atoms with van der Waals surface area (Å²) in [6.07, 6.45) is 2.63. The first-order chi connectivity index (χ1) is 11.0. The molecule has 2 aromatic rings. The van der Waals surface area contributed by atoms with Crippen LogP contribution in [0, 0.1) is 6.92 Å². The Morgan fingerprint density at radius 2 is 1.96 bits per heavy atom. The molecular weight excluding hydrogens is 333 g/mol. The second-order valence-electron chi connectivity index (χ2n) is 5.07. The van der Waals surface area contributed by atoms with Crippen molar-refractivity contribution in [3.8, 4) is 11.5 Å². The summed E-state index contributed by atoms with van der Waals surface area (Å²) in [6.45, 7) is 4.61. The van der Waals surface area contributed by atoms with Crippen molar-refractivity contribution in [2.24, 2.45) is 4.99 Å². The summed E-state index contributed by atoms with van der Waals surface area (Å²) < 4.78 is 11.0. The first-order valence-corrected chi connectivity index (χ1v) is 8.11. The Hall–Kier alpha value is -1.71. The topological polar surface area (TPSA) is 30.8 Å². The van der Waals surface area contributed by atoms with Crippen molar-refractivity contribution in [3.05, 3.63) is 51.5 Å². The van der Waals surface area contributed by atoms with Crippen LogP contribution in [0.1, 0.15) is 24.5 Å². The Kier molecular flexibility index (Phi) is 6.31. The highest BCUT2D eigenvalue weighted by Gasteiger charge is 2.11. The van der Waals surface area contributed by atoms with Crippen LogP contribution in [-0.4, -0.2) is 19.9 Å². The fraction of sp³-hybridized carbons (Fsp3) is 0.278. The molecule has 0 N–H and O–H groups in total. The molecular formula is C18H19Cl2NO2. The van der Waals surface area contributed by atoms with Gasteiger partial charge in [0.15, 0.2) is 11.5 Å². The molecule has 5 heteroatoms. The quantitative estimate of drug-likeness (QED) is 0.611. The molecule has 0 amide bonds. The number of hydrogen-bond donors (Lipinski definition) is 0. The molecule has 0 radical (unpaired) electrons. The monoisotopic (exact) mass is 351 g/mol. The van der Waals surface area contributed by atoms with E-state index in [4.69, 9.17) is 32.7 Å². The first-order valence-electron chi connectivity index (χ1n) is 7.35. The van der Waals surface area contributed by atoms with Gasteiger partial charge in [0.05, 0.1) is 24.4 Å². The van der Waals surface area contributed by atoms with Gasteiger partial charge in [-0.25, -0.2) is 0 Å². The van der Waals surface area contributed by atoms with Gasteiger partial charge in [-0.15, -0.1) is 0 Å². The molecule has 0 unspecified atom stereocenters. The lowest BCUT2D eigenvalue weighted by Gasteiger charge is -2.12. The molecule has 2 rings (SSSR count). The third-order valence-corrected chi connectivity index (χ3v) is 3.74. The number of rotatable bonds is 6. The van der Waals surface area contributed by atoms with Gasteiger partial charge in [-0.3, -0.25) is 4.99 Å². The largest absolute Gasteiger partial charge is 0.493 e. The van der Waals surface area contributed by atoms with E-state index in [-0.39, 0.29) is 0 Å². The van der Waals surface area contributed by atoms with Crippen LogP contribution in [0.25, 0.3) is 0 Å². The van der Waals surface area contributed by atoms with Crippen molar-refractivity contribution < 1.29 is 9.47 Å². The molecule has 0 fully saturated rings. The molecule has 0 aliphatic carbocycles. The predicted molar refractivity (Wildman–Crippen MR) is 97.2 cm³/mol. The van der Waals surface area contributed by atoms with Gasteiger partial charge < -0.3 is 9.47 Å². The van der Waals surface area contributed by atoms with Gasteiger partial charge in [0, 0.05) is 11.2 Å². The second kappa shape index (κ2) is 8.23. The molecule has 3 nitrogen and oxygen atoms in total. The van der Waals surface area contributed by atoms with Crippen LogP contribution in [0.2, 0.25) is 10.0 Å². The Balaban J connectivity index is 2.31. The van der Waals surface area contributed by atoms with Gasteiger partial charge in [-0.1, -0.05) is 36.2 Å². The van der Waals surface area contributed by atoms with Crippen molar-refractivity contribution in [2.75, 3.05) is 13.7 Å². The standard InChI is InChI=1S/C18H19Cl2NO2/c1-4-7-23-18-15(20)8-13(9-17(18)22-3)11-21-16-10-14(19)6-5-12(16)2/h5-6,8-11H,4,7H2,1-3H3. The van der Waals surface area contributed by atoms with Crippen molar-refractivity contribution in [1.29, 1.82) is 0 Å². The van der Waals surface area contributed by atoms with Crippen molar-refractivity contribution >= 4 is 35.1 Å². The van der Waals surface area contributed by atoms with Crippen LogP contribution in [0.4, 0.5) is 5.69 Å². The van der Waals surface area contributed by atoms with Gasteiger partial charge in [0.25, 0.3) is 0 Å². The summed E-state index contributed by atoms with van der Waals surface area (Å²) in [6, 6.07) is 9.25. The number of ether oxygens (including phenoxy) is 2. The lowest BCUT2D eigenvalue weighted by atomic mass is 10.2. The normalized spacial score (nSPS) is 11.0. The molecule has 0 heterocycles. The molecule has 0 saturated heterocycles. The molecule has 0 saturated carbocycles. The minimum Gasteiger partial charge on any atom is -0.493 e. The maximum atomic E-state index is 6.30. The molecule has 0 spiro atoms. The molecule has 0 aliphatic heterocycles. The Morgan fingerprint density at radius 3 is 2.65 bits per heavy atom. The Labute approximate surface area is 146 Å². The van der Waals surface area contributed by atoms with Gasteiger partial charge in [-0.05, 0) is 48.7 Å². The van der Waals surface area contributed by atoms with E-state index in [1.165, 1.54) is 0 Å². The van der Waals surface area contributed by atoms with Crippen LogP contribution < -0.4 is 9.47 Å². The predicted octanol–water partition coefficient (Wildman–Crippen LogP) is 5.85. The van der Waals surface area contributed by atoms with E-state index in [0.29, 0.717) is 28.2 Å². The molecule has 0 aliphatic rings. The van der Waals surface area contributed by atoms with Gasteiger partial charge >= 0.3 is 0 Å². The van der Waals surface area contributed by atoms with Gasteiger partial charge in [0.2, 0.25) is 0 Å². The third-order valence-electron chi connectivity index (χ3n) is 3.23. The van der Waals surface area contributed by atoms with E-state index in [1.807, 2.05) is 38.1 Å². The maximum absolute atomic E-state index is 6.30. The molecule has 2 aromatic carbocycles. The SMILES string of the molecule is CCCOc1c(Cl)cc(C=Nc2cc(Cl)ccc2C)cc1OC. The summed E-state index contributed by atoms with van der Waals surface area (Å²) in [5, 5.41) is 1.16. The highest BCUT2D eigenvalue weighted by Crippen LogP contribution is 2.36. The fourth-order valence-corrected chi connectivity index (χ4v) is 2.46. The average molecular weight is 352 g/mol.